The van der Waals surface area contributed by atoms with Crippen LogP contribution in [-0.2, 0) is 6.54 Å². The van der Waals surface area contributed by atoms with Crippen LogP contribution in [0.15, 0.2) is 18.3 Å². The Kier molecular flexibility index (Phi) is 4.14. The number of nitrogens with one attached hydrogen (secondary N) is 1. The van der Waals surface area contributed by atoms with Gasteiger partial charge in [-0.15, -0.1) is 0 Å². The molecule has 1 N–H and O–H groups in total. The fraction of sp³-hybridized carbons (Fsp3) is 0.615. The van der Waals surface area contributed by atoms with Gasteiger partial charge in [-0.05, 0) is 45.4 Å². The maximum Gasteiger partial charge on any atom is 0.120 e. The smallest absolute Gasteiger partial charge is 0.120 e. The van der Waals surface area contributed by atoms with Crippen molar-refractivity contribution in [1.29, 1.82) is 5.26 Å². The molecule has 0 amide bonds. The quantitative estimate of drug-likeness (QED) is 0.844. The first-order chi connectivity index (χ1) is 7.42. The van der Waals surface area contributed by atoms with Crippen LogP contribution in [0.4, 0.5) is 0 Å². The Morgan fingerprint density at radius 3 is 2.75 bits per heavy atom. The predicted octanol–water partition coefficient (Wildman–Crippen LogP) is 2.38. The summed E-state index contributed by atoms with van der Waals surface area (Å²) in [6.45, 7) is 10.5. The molecule has 0 spiro atoms. The van der Waals surface area contributed by atoms with Crippen molar-refractivity contribution in [2.75, 3.05) is 6.54 Å². The van der Waals surface area contributed by atoms with Gasteiger partial charge < -0.3 is 9.88 Å². The summed E-state index contributed by atoms with van der Waals surface area (Å²) in [5.74, 6) is 0.513. The lowest BCUT2D eigenvalue weighted by Crippen LogP contribution is -2.39. The van der Waals surface area contributed by atoms with Crippen molar-refractivity contribution < 1.29 is 0 Å². The summed E-state index contributed by atoms with van der Waals surface area (Å²) in [6.07, 6.45) is 1.96. The molecule has 88 valence electrons. The van der Waals surface area contributed by atoms with Gasteiger partial charge in [0.05, 0.1) is 0 Å². The Balaban J connectivity index is 2.46. The number of hydrogen-bond donors (Lipinski definition) is 1. The molecule has 0 aromatic carbocycles. The van der Waals surface area contributed by atoms with Gasteiger partial charge in [-0.2, -0.15) is 5.26 Å². The van der Waals surface area contributed by atoms with E-state index in [1.54, 1.807) is 0 Å². The summed E-state index contributed by atoms with van der Waals surface area (Å²) in [6, 6.07) is 5.97. The molecular weight excluding hydrogens is 198 g/mol. The van der Waals surface area contributed by atoms with Crippen molar-refractivity contribution in [2.45, 2.75) is 39.8 Å². The van der Waals surface area contributed by atoms with Gasteiger partial charge in [0, 0.05) is 18.3 Å². The van der Waals surface area contributed by atoms with E-state index in [0.29, 0.717) is 5.92 Å². The SMILES string of the molecule is CC(CNC(C)(C)C)Cn1cccc1C#N. The second-order valence-electron chi connectivity index (χ2n) is 5.39. The molecule has 1 atom stereocenters. The molecule has 3 heteroatoms. The molecule has 0 aliphatic carbocycles. The lowest BCUT2D eigenvalue weighted by molar-refractivity contribution is 0.360. The summed E-state index contributed by atoms with van der Waals surface area (Å²) in [7, 11) is 0. The van der Waals surface area contributed by atoms with Gasteiger partial charge in [-0.25, -0.2) is 0 Å². The Labute approximate surface area is 98.1 Å². The number of nitriles is 1. The standard InChI is InChI=1S/C13H21N3/c1-11(9-15-13(2,3)4)10-16-7-5-6-12(16)8-14/h5-7,11,15H,9-10H2,1-4H3. The van der Waals surface area contributed by atoms with Crippen LogP contribution in [0, 0.1) is 17.2 Å². The van der Waals surface area contributed by atoms with Crippen LogP contribution in [0.25, 0.3) is 0 Å². The van der Waals surface area contributed by atoms with E-state index in [1.807, 2.05) is 22.9 Å². The maximum absolute atomic E-state index is 8.89. The van der Waals surface area contributed by atoms with Crippen LogP contribution in [0.2, 0.25) is 0 Å². The molecular formula is C13H21N3. The molecule has 1 aromatic rings. The van der Waals surface area contributed by atoms with Crippen molar-refractivity contribution in [3.05, 3.63) is 24.0 Å². The molecule has 0 aliphatic rings. The van der Waals surface area contributed by atoms with Crippen molar-refractivity contribution in [3.63, 3.8) is 0 Å². The van der Waals surface area contributed by atoms with E-state index < -0.39 is 0 Å². The summed E-state index contributed by atoms with van der Waals surface area (Å²) in [5.41, 5.74) is 0.894. The topological polar surface area (TPSA) is 40.8 Å². The predicted molar refractivity (Wildman–Crippen MR) is 66.1 cm³/mol. The Morgan fingerprint density at radius 2 is 2.19 bits per heavy atom. The molecule has 0 radical (unpaired) electrons. The highest BCUT2D eigenvalue weighted by molar-refractivity contribution is 5.21. The van der Waals surface area contributed by atoms with Crippen molar-refractivity contribution in [3.8, 4) is 6.07 Å². The summed E-state index contributed by atoms with van der Waals surface area (Å²) >= 11 is 0. The molecule has 1 aromatic heterocycles. The van der Waals surface area contributed by atoms with Gasteiger partial charge in [-0.1, -0.05) is 6.92 Å². The Bertz CT molecular complexity index is 365. The molecule has 16 heavy (non-hydrogen) atoms. The van der Waals surface area contributed by atoms with Gasteiger partial charge in [-0.3, -0.25) is 0 Å². The van der Waals surface area contributed by atoms with E-state index in [2.05, 4.69) is 39.1 Å². The minimum Gasteiger partial charge on any atom is -0.339 e. The van der Waals surface area contributed by atoms with Crippen LogP contribution >= 0.6 is 0 Å². The van der Waals surface area contributed by atoms with E-state index in [9.17, 15) is 0 Å². The molecule has 0 saturated carbocycles. The minimum atomic E-state index is 0.156. The first kappa shape index (κ1) is 12.8. The lowest BCUT2D eigenvalue weighted by atomic mass is 10.1. The lowest BCUT2D eigenvalue weighted by Gasteiger charge is -2.23. The Hall–Kier alpha value is -1.27. The third-order valence-electron chi connectivity index (χ3n) is 2.43. The third kappa shape index (κ3) is 4.08. The van der Waals surface area contributed by atoms with E-state index >= 15 is 0 Å². The van der Waals surface area contributed by atoms with Crippen molar-refractivity contribution in [1.82, 2.24) is 9.88 Å². The minimum absolute atomic E-state index is 0.156. The molecule has 0 fully saturated rings. The number of hydrogen-bond acceptors (Lipinski definition) is 2. The average Bonchev–Trinajstić information content (AvgIpc) is 2.61. The molecule has 0 saturated heterocycles. The van der Waals surface area contributed by atoms with Gasteiger partial charge in [0.25, 0.3) is 0 Å². The Morgan fingerprint density at radius 1 is 1.50 bits per heavy atom. The second-order valence-corrected chi connectivity index (χ2v) is 5.39. The monoisotopic (exact) mass is 219 g/mol. The number of nitrogens with zero attached hydrogens (tertiary/aromatic N) is 2. The molecule has 1 unspecified atom stereocenters. The summed E-state index contributed by atoms with van der Waals surface area (Å²) in [4.78, 5) is 0. The normalized spacial score (nSPS) is 13.4. The fourth-order valence-corrected chi connectivity index (χ4v) is 1.56. The first-order valence-electron chi connectivity index (χ1n) is 5.72. The molecule has 1 heterocycles. The van der Waals surface area contributed by atoms with Crippen molar-refractivity contribution in [2.24, 2.45) is 5.92 Å². The number of aromatic nitrogens is 1. The van der Waals surface area contributed by atoms with Gasteiger partial charge >= 0.3 is 0 Å². The molecule has 0 bridgehead atoms. The van der Waals surface area contributed by atoms with Crippen molar-refractivity contribution >= 4 is 0 Å². The van der Waals surface area contributed by atoms with Gasteiger partial charge in [0.15, 0.2) is 0 Å². The second kappa shape index (κ2) is 5.18. The van der Waals surface area contributed by atoms with Gasteiger partial charge in [0.1, 0.15) is 11.8 Å². The third-order valence-corrected chi connectivity index (χ3v) is 2.43. The van der Waals surface area contributed by atoms with Crippen LogP contribution < -0.4 is 5.32 Å². The largest absolute Gasteiger partial charge is 0.339 e. The summed E-state index contributed by atoms with van der Waals surface area (Å²) < 4.78 is 2.01. The van der Waals surface area contributed by atoms with Crippen LogP contribution in [0.1, 0.15) is 33.4 Å². The zero-order valence-corrected chi connectivity index (χ0v) is 10.6. The average molecular weight is 219 g/mol. The van der Waals surface area contributed by atoms with E-state index in [-0.39, 0.29) is 5.54 Å². The van der Waals surface area contributed by atoms with Gasteiger partial charge in [0.2, 0.25) is 0 Å². The fourth-order valence-electron chi connectivity index (χ4n) is 1.56. The van der Waals surface area contributed by atoms with Crippen LogP contribution in [0.5, 0.6) is 0 Å². The zero-order valence-electron chi connectivity index (χ0n) is 10.6. The van der Waals surface area contributed by atoms with Crippen LogP contribution in [0.3, 0.4) is 0 Å². The van der Waals surface area contributed by atoms with Crippen LogP contribution in [-0.4, -0.2) is 16.7 Å². The molecule has 1 rings (SSSR count). The summed E-state index contributed by atoms with van der Waals surface area (Å²) in [5, 5.41) is 12.4. The highest BCUT2D eigenvalue weighted by Gasteiger charge is 2.12. The number of rotatable bonds is 4. The highest BCUT2D eigenvalue weighted by atomic mass is 15.0. The maximum atomic E-state index is 8.89. The highest BCUT2D eigenvalue weighted by Crippen LogP contribution is 2.07. The molecule has 0 aliphatic heterocycles. The van der Waals surface area contributed by atoms with E-state index in [0.717, 1.165) is 18.8 Å². The zero-order chi connectivity index (χ0) is 12.2. The molecule has 3 nitrogen and oxygen atoms in total. The first-order valence-corrected chi connectivity index (χ1v) is 5.72. The van der Waals surface area contributed by atoms with E-state index in [1.165, 1.54) is 0 Å². The van der Waals surface area contributed by atoms with E-state index in [4.69, 9.17) is 5.26 Å².